The molecule has 1 aliphatic rings. The second kappa shape index (κ2) is 12.9. The van der Waals surface area contributed by atoms with Gasteiger partial charge in [-0.05, 0) is 61.2 Å². The number of hydrogen-bond acceptors (Lipinski definition) is 5. The van der Waals surface area contributed by atoms with Crippen molar-refractivity contribution in [3.8, 4) is 11.9 Å². The maximum atomic E-state index is 16.1. The second-order valence-electron chi connectivity index (χ2n) is 9.97. The molecule has 0 aliphatic heterocycles. The van der Waals surface area contributed by atoms with Crippen molar-refractivity contribution in [3.05, 3.63) is 56.8 Å². The van der Waals surface area contributed by atoms with Gasteiger partial charge in [0.1, 0.15) is 5.15 Å². The van der Waals surface area contributed by atoms with Crippen LogP contribution in [0.25, 0.3) is 5.57 Å². The zero-order valence-electron chi connectivity index (χ0n) is 22.8. The lowest BCUT2D eigenvalue weighted by Crippen LogP contribution is -2.19. The minimum atomic E-state index is -2.47. The molecule has 5 nitrogen and oxygen atoms in total. The van der Waals surface area contributed by atoms with Gasteiger partial charge in [0.25, 0.3) is 5.88 Å². The summed E-state index contributed by atoms with van der Waals surface area (Å²) in [6.45, 7) is 12.0. The zero-order chi connectivity index (χ0) is 28.1. The van der Waals surface area contributed by atoms with E-state index in [-0.39, 0.29) is 47.5 Å². The number of ketones is 1. The van der Waals surface area contributed by atoms with E-state index in [1.165, 1.54) is 6.20 Å². The fourth-order valence-corrected chi connectivity index (χ4v) is 5.01. The van der Waals surface area contributed by atoms with Gasteiger partial charge in [-0.3, -0.25) is 4.79 Å². The molecule has 0 bridgehead atoms. The van der Waals surface area contributed by atoms with Crippen molar-refractivity contribution in [1.29, 1.82) is 0 Å². The number of halogens is 4. The number of fused-ring (bicyclic) bond motifs is 1. The molecular weight excluding hydrogens is 515 g/mol. The number of aromatic nitrogens is 3. The van der Waals surface area contributed by atoms with Gasteiger partial charge in [0.05, 0.1) is 0 Å². The summed E-state index contributed by atoms with van der Waals surface area (Å²) in [6.07, 6.45) is 2.47. The lowest BCUT2D eigenvalue weighted by Gasteiger charge is -2.29. The van der Waals surface area contributed by atoms with Crippen molar-refractivity contribution in [2.24, 2.45) is 11.8 Å². The summed E-state index contributed by atoms with van der Waals surface area (Å²) >= 11 is 6.13. The van der Waals surface area contributed by atoms with Crippen molar-refractivity contribution >= 4 is 23.0 Å². The number of rotatable bonds is 11. The molecule has 2 aromatic rings. The Balaban J connectivity index is 2.10. The van der Waals surface area contributed by atoms with Crippen LogP contribution in [0.2, 0.25) is 5.15 Å². The van der Waals surface area contributed by atoms with Crippen LogP contribution < -0.4 is 4.74 Å². The Kier molecular flexibility index (Phi) is 10.1. The van der Waals surface area contributed by atoms with Gasteiger partial charge in [0.15, 0.2) is 11.6 Å². The van der Waals surface area contributed by atoms with Crippen molar-refractivity contribution in [2.75, 3.05) is 0 Å². The van der Waals surface area contributed by atoms with E-state index < -0.39 is 12.2 Å². The highest BCUT2D eigenvalue weighted by atomic mass is 35.5. The number of ether oxygens (including phenoxy) is 1. The molecule has 38 heavy (non-hydrogen) atoms. The van der Waals surface area contributed by atoms with Gasteiger partial charge < -0.3 is 4.74 Å². The molecule has 9 heteroatoms. The van der Waals surface area contributed by atoms with Crippen LogP contribution in [0.15, 0.2) is 29.1 Å². The van der Waals surface area contributed by atoms with Crippen LogP contribution in [0, 0.1) is 17.7 Å². The van der Waals surface area contributed by atoms with Gasteiger partial charge in [-0.25, -0.2) is 23.1 Å². The summed E-state index contributed by atoms with van der Waals surface area (Å²) in [5, 5.41) is -0.0348. The summed E-state index contributed by atoms with van der Waals surface area (Å²) in [7, 11) is 0. The van der Waals surface area contributed by atoms with E-state index >= 15 is 4.39 Å². The topological polar surface area (TPSA) is 65.0 Å². The molecule has 0 unspecified atom stereocenters. The quantitative estimate of drug-likeness (QED) is 0.208. The molecule has 0 spiro atoms. The maximum absolute atomic E-state index is 16.1. The molecule has 0 N–H and O–H groups in total. The van der Waals surface area contributed by atoms with Gasteiger partial charge in [-0.2, -0.15) is 4.98 Å². The van der Waals surface area contributed by atoms with E-state index in [1.807, 2.05) is 27.7 Å². The number of carbonyl (C=O) groups is 1. The lowest BCUT2D eigenvalue weighted by molar-refractivity contribution is -0.115. The Bertz CT molecular complexity index is 1260. The normalized spacial score (nSPS) is 15.1. The standard InChI is InChI=1S/C29H35ClF3N3O2/c1-7-16(5)17(6)24(21(37)8-2)20-11-9-18-13-34-28(26(33)25(18)23(20)15(3)4)38-29-35-14-19(27(30)36-29)10-12-22(31)32/h13-16,22H,7-12H2,1-6H3/b24-17-/t16-/m0/s1. The highest BCUT2D eigenvalue weighted by Crippen LogP contribution is 2.44. The number of nitrogens with zero attached hydrogens (tertiary/aromatic N) is 3. The van der Waals surface area contributed by atoms with Crippen LogP contribution in [-0.2, 0) is 17.6 Å². The number of pyridine rings is 1. The van der Waals surface area contributed by atoms with Crippen LogP contribution in [0.3, 0.4) is 0 Å². The summed E-state index contributed by atoms with van der Waals surface area (Å²) in [4.78, 5) is 25.4. The minimum Gasteiger partial charge on any atom is -0.402 e. The van der Waals surface area contributed by atoms with Crippen LogP contribution in [-0.4, -0.2) is 27.2 Å². The first-order valence-corrected chi connectivity index (χ1v) is 13.5. The van der Waals surface area contributed by atoms with E-state index in [4.69, 9.17) is 16.3 Å². The van der Waals surface area contributed by atoms with E-state index in [2.05, 4.69) is 28.8 Å². The molecule has 0 aromatic carbocycles. The molecule has 2 aromatic heterocycles. The number of carbonyl (C=O) groups excluding carboxylic acids is 1. The third-order valence-electron chi connectivity index (χ3n) is 7.14. The van der Waals surface area contributed by atoms with Crippen molar-refractivity contribution < 1.29 is 22.7 Å². The minimum absolute atomic E-state index is 0.00987. The third-order valence-corrected chi connectivity index (χ3v) is 7.47. The average Bonchev–Trinajstić information content (AvgIpc) is 2.88. The zero-order valence-corrected chi connectivity index (χ0v) is 23.6. The Hall–Kier alpha value is -2.74. The number of hydrogen-bond donors (Lipinski definition) is 0. The van der Waals surface area contributed by atoms with Gasteiger partial charge >= 0.3 is 6.01 Å². The summed E-state index contributed by atoms with van der Waals surface area (Å²) < 4.78 is 46.8. The van der Waals surface area contributed by atoms with Crippen LogP contribution in [0.4, 0.5) is 13.2 Å². The lowest BCUT2D eigenvalue weighted by atomic mass is 9.75. The first kappa shape index (κ1) is 29.8. The highest BCUT2D eigenvalue weighted by Gasteiger charge is 2.31. The van der Waals surface area contributed by atoms with Crippen LogP contribution >= 0.6 is 11.6 Å². The van der Waals surface area contributed by atoms with Crippen molar-refractivity contribution in [1.82, 2.24) is 15.0 Å². The molecule has 0 radical (unpaired) electrons. The predicted octanol–water partition coefficient (Wildman–Crippen LogP) is 8.35. The second-order valence-corrected chi connectivity index (χ2v) is 10.3. The van der Waals surface area contributed by atoms with Crippen LogP contribution in [0.1, 0.15) is 83.9 Å². The first-order chi connectivity index (χ1) is 18.0. The van der Waals surface area contributed by atoms with E-state index in [0.29, 0.717) is 36.0 Å². The summed E-state index contributed by atoms with van der Waals surface area (Å²) in [5.74, 6) is -0.771. The fraction of sp³-hybridized carbons (Fsp3) is 0.517. The fourth-order valence-electron chi connectivity index (χ4n) is 4.79. The number of aryl methyl sites for hydroxylation is 2. The molecule has 1 aliphatic carbocycles. The Labute approximate surface area is 227 Å². The Morgan fingerprint density at radius 1 is 1.13 bits per heavy atom. The number of allylic oxidation sites excluding steroid dienone is 4. The summed E-state index contributed by atoms with van der Waals surface area (Å²) in [5.41, 5.74) is 4.88. The van der Waals surface area contributed by atoms with E-state index in [9.17, 15) is 13.6 Å². The van der Waals surface area contributed by atoms with Gasteiger partial charge in [0.2, 0.25) is 6.43 Å². The van der Waals surface area contributed by atoms with Crippen molar-refractivity contribution in [3.63, 3.8) is 0 Å². The predicted molar refractivity (Wildman–Crippen MR) is 143 cm³/mol. The van der Waals surface area contributed by atoms with Gasteiger partial charge in [0, 0.05) is 41.9 Å². The van der Waals surface area contributed by atoms with Crippen LogP contribution in [0.5, 0.6) is 11.9 Å². The SMILES string of the molecule is CCC(=O)/C(C1=C(C(C)C)c2c(cnc(Oc3ncc(CCC(F)F)c(Cl)n3)c2F)CC1)=C(/C)[C@@H](C)CC. The molecule has 0 saturated carbocycles. The smallest absolute Gasteiger partial charge is 0.324 e. The van der Waals surface area contributed by atoms with Gasteiger partial charge in [-0.15, -0.1) is 0 Å². The van der Waals surface area contributed by atoms with E-state index in [0.717, 1.165) is 28.7 Å². The average molecular weight is 550 g/mol. The summed E-state index contributed by atoms with van der Waals surface area (Å²) in [6, 6.07) is -0.234. The molecular formula is C29H35ClF3N3O2. The highest BCUT2D eigenvalue weighted by molar-refractivity contribution is 6.30. The largest absolute Gasteiger partial charge is 0.402 e. The monoisotopic (exact) mass is 549 g/mol. The molecule has 0 amide bonds. The number of alkyl halides is 2. The molecule has 1 atom stereocenters. The number of Topliss-reactive ketones (excluding diaryl/α,β-unsaturated/α-hetero) is 1. The molecule has 0 saturated heterocycles. The Morgan fingerprint density at radius 3 is 2.42 bits per heavy atom. The molecule has 2 heterocycles. The van der Waals surface area contributed by atoms with E-state index in [1.54, 1.807) is 6.20 Å². The molecule has 206 valence electrons. The molecule has 0 fully saturated rings. The first-order valence-electron chi connectivity index (χ1n) is 13.1. The van der Waals surface area contributed by atoms with Gasteiger partial charge in [-0.1, -0.05) is 51.8 Å². The Morgan fingerprint density at radius 2 is 1.84 bits per heavy atom. The van der Waals surface area contributed by atoms with Crippen molar-refractivity contribution in [2.45, 2.75) is 86.5 Å². The maximum Gasteiger partial charge on any atom is 0.324 e. The molecule has 3 rings (SSSR count). The third kappa shape index (κ3) is 6.45.